The first-order chi connectivity index (χ1) is 17.9. The fraction of sp³-hybridized carbons (Fsp3) is 0.160. The summed E-state index contributed by atoms with van der Waals surface area (Å²) < 4.78 is 86.4. The molecule has 0 saturated heterocycles. The number of hydrogen-bond acceptors (Lipinski definition) is 4. The molecule has 0 spiro atoms. The van der Waals surface area contributed by atoms with Crippen molar-refractivity contribution in [2.45, 2.75) is 25.3 Å². The molecule has 0 fully saturated rings. The van der Waals surface area contributed by atoms with Crippen molar-refractivity contribution in [1.82, 2.24) is 19.7 Å². The molecule has 196 valence electrons. The summed E-state index contributed by atoms with van der Waals surface area (Å²) in [6.07, 6.45) is -0.514. The van der Waals surface area contributed by atoms with Gasteiger partial charge in [0.1, 0.15) is 11.4 Å². The van der Waals surface area contributed by atoms with Crippen LogP contribution in [0.25, 0.3) is 28.2 Å². The minimum atomic E-state index is -5.02. The second kappa shape index (κ2) is 9.71. The number of pyridine rings is 1. The molecule has 3 aliphatic rings. The molecule has 38 heavy (non-hydrogen) atoms. The van der Waals surface area contributed by atoms with Gasteiger partial charge in [-0.25, -0.2) is 9.97 Å². The van der Waals surface area contributed by atoms with Gasteiger partial charge in [0.15, 0.2) is 11.6 Å². The number of allylic oxidation sites excluding steroid dienone is 6. The largest absolute Gasteiger partial charge is 0.417 e. The van der Waals surface area contributed by atoms with E-state index in [1.807, 2.05) is 12.2 Å². The second-order valence-electron chi connectivity index (χ2n) is 8.47. The number of imidazole rings is 1. The zero-order chi connectivity index (χ0) is 27.2. The molecule has 5 nitrogen and oxygen atoms in total. The summed E-state index contributed by atoms with van der Waals surface area (Å²) in [5, 5.41) is 5.20. The molecular weight excluding hydrogens is 553 g/mol. The highest BCUT2D eigenvalue weighted by molar-refractivity contribution is 7.22. The van der Waals surface area contributed by atoms with E-state index >= 15 is 0 Å². The van der Waals surface area contributed by atoms with Gasteiger partial charge in [-0.3, -0.25) is 0 Å². The molecule has 0 radical (unpaired) electrons. The molecule has 5 rings (SSSR count). The molecule has 1 aliphatic carbocycles. The van der Waals surface area contributed by atoms with Gasteiger partial charge in [-0.15, -0.1) is 9.24 Å². The van der Waals surface area contributed by atoms with E-state index in [4.69, 9.17) is 16.1 Å². The van der Waals surface area contributed by atoms with Gasteiger partial charge in [-0.05, 0) is 29.6 Å². The summed E-state index contributed by atoms with van der Waals surface area (Å²) in [6, 6.07) is 4.39. The molecule has 0 bridgehead atoms. The molecule has 2 aliphatic heterocycles. The predicted molar refractivity (Wildman–Crippen MR) is 132 cm³/mol. The number of alkyl halides is 6. The van der Waals surface area contributed by atoms with Crippen molar-refractivity contribution in [2.24, 2.45) is 0 Å². The summed E-state index contributed by atoms with van der Waals surface area (Å²) in [4.78, 5) is 9.15. The minimum absolute atomic E-state index is 0.0709. The lowest BCUT2D eigenvalue weighted by molar-refractivity contribution is -0.142. The Bertz CT molecular complexity index is 1580. The number of benzene rings is 1. The van der Waals surface area contributed by atoms with Crippen LogP contribution in [0.3, 0.4) is 0 Å². The first kappa shape index (κ1) is 26.2. The number of fused-ring (bicyclic) bond motifs is 1. The van der Waals surface area contributed by atoms with Crippen LogP contribution in [-0.2, 0) is 18.9 Å². The van der Waals surface area contributed by atoms with Crippen LogP contribution in [0.2, 0.25) is 0 Å². The maximum atomic E-state index is 13.5. The summed E-state index contributed by atoms with van der Waals surface area (Å²) in [5.41, 5.74) is -1.50. The van der Waals surface area contributed by atoms with Gasteiger partial charge in [0.25, 0.3) is 0 Å². The summed E-state index contributed by atoms with van der Waals surface area (Å²) in [7, 11) is 2.60. The highest BCUT2D eigenvalue weighted by Gasteiger charge is 2.39. The van der Waals surface area contributed by atoms with Gasteiger partial charge in [-0.1, -0.05) is 35.0 Å². The average Bonchev–Trinajstić information content (AvgIpc) is 3.44. The fourth-order valence-electron chi connectivity index (χ4n) is 3.92. The van der Waals surface area contributed by atoms with Crippen LogP contribution >= 0.6 is 20.8 Å². The summed E-state index contributed by atoms with van der Waals surface area (Å²) in [6.45, 7) is 0.0899. The molecule has 13 heteroatoms. The highest BCUT2D eigenvalue weighted by Crippen LogP contribution is 2.41. The Hall–Kier alpha value is -3.43. The average molecular weight is 569 g/mol. The van der Waals surface area contributed by atoms with Gasteiger partial charge in [-0.2, -0.15) is 26.3 Å². The number of hydrogen-bond donors (Lipinski definition) is 0. The van der Waals surface area contributed by atoms with Crippen LogP contribution in [0.15, 0.2) is 75.8 Å². The minimum Gasteiger partial charge on any atom is -0.359 e. The maximum Gasteiger partial charge on any atom is 0.417 e. The first-order valence-corrected chi connectivity index (χ1v) is 11.9. The van der Waals surface area contributed by atoms with Crippen molar-refractivity contribution in [3.05, 3.63) is 94.0 Å². The van der Waals surface area contributed by atoms with Crippen LogP contribution in [0.4, 0.5) is 26.3 Å². The monoisotopic (exact) mass is 568 g/mol. The summed E-state index contributed by atoms with van der Waals surface area (Å²) >= 11 is 6.18. The SMILES string of the molecule is FC(F)(F)c1ccc(-c2cc(Cn3ccc4nc(C5=CC=CC(Cl)=C(P)C5)nc-4c3)on2)c(C(F)(F)F)c1. The number of halogens is 7. The molecule has 0 saturated carbocycles. The normalized spacial score (nSPS) is 14.8. The van der Waals surface area contributed by atoms with E-state index in [2.05, 4.69) is 24.4 Å². The zero-order valence-corrected chi connectivity index (χ0v) is 21.0. The third-order valence-electron chi connectivity index (χ3n) is 5.77. The lowest BCUT2D eigenvalue weighted by Crippen LogP contribution is -2.12. The Morgan fingerprint density at radius 2 is 1.74 bits per heavy atom. The van der Waals surface area contributed by atoms with E-state index in [0.717, 1.165) is 17.0 Å². The van der Waals surface area contributed by atoms with E-state index < -0.39 is 29.0 Å². The quantitative estimate of drug-likeness (QED) is 0.186. The number of aromatic nitrogens is 4. The van der Waals surface area contributed by atoms with Crippen LogP contribution in [0.5, 0.6) is 0 Å². The van der Waals surface area contributed by atoms with Gasteiger partial charge >= 0.3 is 12.4 Å². The Balaban J connectivity index is 1.41. The molecule has 0 amide bonds. The van der Waals surface area contributed by atoms with Crippen molar-refractivity contribution in [3.63, 3.8) is 0 Å². The predicted octanol–water partition coefficient (Wildman–Crippen LogP) is 7.79. The third kappa shape index (κ3) is 5.39. The van der Waals surface area contributed by atoms with Gasteiger partial charge in [0, 0.05) is 41.0 Å². The van der Waals surface area contributed by atoms with Crippen LogP contribution in [0, 0.1) is 0 Å². The lowest BCUT2D eigenvalue weighted by Gasteiger charge is -2.14. The number of rotatable bonds is 4. The van der Waals surface area contributed by atoms with Crippen LogP contribution < -0.4 is 0 Å². The molecule has 1 aromatic carbocycles. The van der Waals surface area contributed by atoms with Gasteiger partial charge in [0.2, 0.25) is 0 Å². The van der Waals surface area contributed by atoms with Gasteiger partial charge in [0.05, 0.1) is 23.4 Å². The standard InChI is InChI=1S/C25H16ClF6N4OP/c26-18-3-1-2-13(8-22(18)38)23-33-19-6-7-36(12-21(19)34-23)11-15-10-20(35-37-15)16-5-4-14(24(27,28)29)9-17(16)25(30,31)32/h1-7,9-10,12H,8,11,38H2. The van der Waals surface area contributed by atoms with Crippen molar-refractivity contribution in [2.75, 3.05) is 0 Å². The van der Waals surface area contributed by atoms with E-state index in [1.165, 1.54) is 6.07 Å². The van der Waals surface area contributed by atoms with Crippen molar-refractivity contribution < 1.29 is 30.9 Å². The molecule has 1 atom stereocenters. The maximum absolute atomic E-state index is 13.5. The number of nitrogens with zero attached hydrogens (tertiary/aromatic N) is 4. The fourth-order valence-corrected chi connectivity index (χ4v) is 4.38. The Kier molecular flexibility index (Phi) is 6.69. The molecular formula is C25H16ClF6N4OP. The van der Waals surface area contributed by atoms with E-state index in [-0.39, 0.29) is 24.1 Å². The summed E-state index contributed by atoms with van der Waals surface area (Å²) in [5.74, 6) is 0.735. The lowest BCUT2D eigenvalue weighted by atomic mass is 10.0. The van der Waals surface area contributed by atoms with Crippen molar-refractivity contribution >= 4 is 26.4 Å². The van der Waals surface area contributed by atoms with Gasteiger partial charge < -0.3 is 9.09 Å². The second-order valence-corrected chi connectivity index (χ2v) is 9.57. The van der Waals surface area contributed by atoms with Crippen LogP contribution in [-0.4, -0.2) is 19.7 Å². The third-order valence-corrected chi connectivity index (χ3v) is 6.83. The van der Waals surface area contributed by atoms with E-state index in [1.54, 1.807) is 29.1 Å². The Morgan fingerprint density at radius 1 is 0.974 bits per heavy atom. The highest BCUT2D eigenvalue weighted by atomic mass is 35.5. The van der Waals surface area contributed by atoms with Crippen LogP contribution in [0.1, 0.15) is 29.1 Å². The van der Waals surface area contributed by atoms with Crippen molar-refractivity contribution in [3.8, 4) is 22.6 Å². The topological polar surface area (TPSA) is 56.7 Å². The molecule has 0 N–H and O–H groups in total. The molecule has 3 heterocycles. The van der Waals surface area contributed by atoms with E-state index in [9.17, 15) is 26.3 Å². The Labute approximate surface area is 219 Å². The molecule has 1 aromatic heterocycles. The van der Waals surface area contributed by atoms with Crippen molar-refractivity contribution in [1.29, 1.82) is 0 Å². The molecule has 1 unspecified atom stereocenters. The smallest absolute Gasteiger partial charge is 0.359 e. The molecule has 2 aromatic rings. The Morgan fingerprint density at radius 3 is 2.47 bits per heavy atom. The zero-order valence-electron chi connectivity index (χ0n) is 19.1. The van der Waals surface area contributed by atoms with E-state index in [0.29, 0.717) is 34.7 Å². The first-order valence-electron chi connectivity index (χ1n) is 11.0.